The van der Waals surface area contributed by atoms with Gasteiger partial charge in [-0.15, -0.1) is 0 Å². The molecule has 4 rings (SSSR count). The van der Waals surface area contributed by atoms with Gasteiger partial charge < -0.3 is 30.0 Å². The van der Waals surface area contributed by atoms with Crippen molar-refractivity contribution >= 4 is 23.6 Å². The van der Waals surface area contributed by atoms with Gasteiger partial charge in [-0.25, -0.2) is 4.98 Å². The number of nitrogens with zero attached hydrogens (tertiary/aromatic N) is 6. The molecule has 176 valence electrons. The van der Waals surface area contributed by atoms with Gasteiger partial charge >= 0.3 is 0 Å². The van der Waals surface area contributed by atoms with Gasteiger partial charge in [0.2, 0.25) is 11.9 Å². The molecule has 0 bridgehead atoms. The number of hydrogen-bond acceptors (Lipinski definition) is 8. The molecular weight excluding hydrogens is 410 g/mol. The minimum absolute atomic E-state index is 0.111. The quantitative estimate of drug-likeness (QED) is 0.680. The summed E-state index contributed by atoms with van der Waals surface area (Å²) in [4.78, 5) is 42.2. The molecule has 1 unspecified atom stereocenters. The fraction of sp³-hybridized carbons (Fsp3) is 0.727. The third kappa shape index (κ3) is 5.47. The Kier molecular flexibility index (Phi) is 7.10. The number of likely N-dealkylation sites (N-methyl/N-ethyl adjacent to an activating group) is 1. The Bertz CT molecular complexity index is 820. The number of carbonyl (C=O) groups excluding carboxylic acids is 2. The first-order valence-corrected chi connectivity index (χ1v) is 11.7. The number of piperidine rings is 2. The van der Waals surface area contributed by atoms with Crippen LogP contribution in [0.5, 0.6) is 0 Å². The van der Waals surface area contributed by atoms with Crippen molar-refractivity contribution in [2.75, 3.05) is 69.6 Å². The highest BCUT2D eigenvalue weighted by Crippen LogP contribution is 2.21. The number of carbonyl (C=O) groups is 2. The van der Waals surface area contributed by atoms with E-state index < -0.39 is 6.10 Å². The highest BCUT2D eigenvalue weighted by Gasteiger charge is 2.27. The number of aromatic nitrogens is 2. The highest BCUT2D eigenvalue weighted by atomic mass is 16.3. The molecule has 10 nitrogen and oxygen atoms in total. The molecule has 3 aliphatic heterocycles. The Hall–Kier alpha value is -2.46. The third-order valence-corrected chi connectivity index (χ3v) is 6.70. The summed E-state index contributed by atoms with van der Waals surface area (Å²) in [6, 6.07) is 1.93. The maximum atomic E-state index is 13.2. The van der Waals surface area contributed by atoms with E-state index in [1.807, 2.05) is 4.90 Å². The second kappa shape index (κ2) is 9.99. The van der Waals surface area contributed by atoms with Gasteiger partial charge in [0.1, 0.15) is 11.5 Å². The molecule has 3 fully saturated rings. The molecule has 32 heavy (non-hydrogen) atoms. The van der Waals surface area contributed by atoms with E-state index in [9.17, 15) is 14.7 Å². The predicted octanol–water partition coefficient (Wildman–Crippen LogP) is 0.248. The van der Waals surface area contributed by atoms with E-state index in [4.69, 9.17) is 4.98 Å². The lowest BCUT2D eigenvalue weighted by atomic mass is 10.0. The lowest BCUT2D eigenvalue weighted by Gasteiger charge is -2.34. The average Bonchev–Trinajstić information content (AvgIpc) is 2.79. The number of likely N-dealkylation sites (tertiary alicyclic amines) is 2. The number of aliphatic hydroxyl groups is 1. The molecule has 4 heterocycles. The highest BCUT2D eigenvalue weighted by molar-refractivity contribution is 5.93. The van der Waals surface area contributed by atoms with Crippen LogP contribution in [0.25, 0.3) is 0 Å². The number of anilines is 2. The van der Waals surface area contributed by atoms with E-state index in [0.29, 0.717) is 30.5 Å². The van der Waals surface area contributed by atoms with Gasteiger partial charge in [0.05, 0.1) is 6.10 Å². The van der Waals surface area contributed by atoms with E-state index in [2.05, 4.69) is 27.1 Å². The topological polar surface area (TPSA) is 105 Å². The number of nitrogens with one attached hydrogen (secondary N) is 1. The van der Waals surface area contributed by atoms with Crippen molar-refractivity contribution in [3.05, 3.63) is 11.8 Å². The van der Waals surface area contributed by atoms with Crippen LogP contribution in [0.1, 0.15) is 43.1 Å². The number of β-amino-alcohol motifs (C(OH)–C–C–N with tert-alkyl or cyclic N) is 1. The minimum atomic E-state index is -0.476. The van der Waals surface area contributed by atoms with E-state index >= 15 is 0 Å². The fourth-order valence-electron chi connectivity index (χ4n) is 4.61. The van der Waals surface area contributed by atoms with Crippen LogP contribution in [-0.4, -0.2) is 113 Å². The van der Waals surface area contributed by atoms with Crippen LogP contribution in [0.2, 0.25) is 0 Å². The third-order valence-electron chi connectivity index (χ3n) is 6.70. The summed E-state index contributed by atoms with van der Waals surface area (Å²) < 4.78 is 0. The summed E-state index contributed by atoms with van der Waals surface area (Å²) >= 11 is 0. The van der Waals surface area contributed by atoms with Crippen LogP contribution in [0.3, 0.4) is 0 Å². The van der Waals surface area contributed by atoms with Crippen molar-refractivity contribution in [1.82, 2.24) is 24.7 Å². The molecular formula is C22H35N7O3. The van der Waals surface area contributed by atoms with Gasteiger partial charge in [-0.1, -0.05) is 0 Å². The minimum Gasteiger partial charge on any atom is -0.391 e. The molecule has 0 aliphatic carbocycles. The van der Waals surface area contributed by atoms with Crippen molar-refractivity contribution in [3.63, 3.8) is 0 Å². The number of amides is 2. The van der Waals surface area contributed by atoms with Crippen molar-refractivity contribution in [3.8, 4) is 0 Å². The molecule has 2 amide bonds. The summed E-state index contributed by atoms with van der Waals surface area (Å²) in [5, 5.41) is 13.5. The second-order valence-corrected chi connectivity index (χ2v) is 9.20. The van der Waals surface area contributed by atoms with Gasteiger partial charge in [-0.2, -0.15) is 4.98 Å². The van der Waals surface area contributed by atoms with Crippen molar-refractivity contribution in [1.29, 1.82) is 0 Å². The second-order valence-electron chi connectivity index (χ2n) is 9.20. The Balaban J connectivity index is 1.53. The predicted molar refractivity (Wildman–Crippen MR) is 122 cm³/mol. The Morgan fingerprint density at radius 3 is 2.38 bits per heavy atom. The van der Waals surface area contributed by atoms with Crippen molar-refractivity contribution < 1.29 is 14.7 Å². The molecule has 1 atom stereocenters. The van der Waals surface area contributed by atoms with Crippen LogP contribution in [0.4, 0.5) is 11.8 Å². The molecule has 2 N–H and O–H groups in total. The molecule has 10 heteroatoms. The molecule has 0 spiro atoms. The molecule has 0 radical (unpaired) electrons. The lowest BCUT2D eigenvalue weighted by Crippen LogP contribution is -2.46. The Labute approximate surface area is 189 Å². The fourth-order valence-corrected chi connectivity index (χ4v) is 4.61. The molecule has 3 aliphatic rings. The number of hydrogen-bond donors (Lipinski definition) is 2. The first-order chi connectivity index (χ1) is 15.4. The van der Waals surface area contributed by atoms with Gasteiger partial charge in [0, 0.05) is 71.4 Å². The van der Waals surface area contributed by atoms with E-state index in [1.165, 1.54) is 0 Å². The summed E-state index contributed by atoms with van der Waals surface area (Å²) in [6.07, 6.45) is 2.73. The Morgan fingerprint density at radius 1 is 1.00 bits per heavy atom. The summed E-state index contributed by atoms with van der Waals surface area (Å²) in [5.41, 5.74) is 0.367. The van der Waals surface area contributed by atoms with Gasteiger partial charge in [-0.05, 0) is 32.7 Å². The molecule has 0 saturated carbocycles. The van der Waals surface area contributed by atoms with Crippen LogP contribution >= 0.6 is 0 Å². The van der Waals surface area contributed by atoms with Crippen LogP contribution < -0.4 is 10.2 Å². The van der Waals surface area contributed by atoms with Crippen LogP contribution in [0.15, 0.2) is 6.07 Å². The van der Waals surface area contributed by atoms with Crippen LogP contribution in [-0.2, 0) is 4.79 Å². The SMILES string of the molecule is CC(=O)N1CCC(Nc2cc(C(=O)N3CCCC(O)C3)nc(N3CCN(C)CC3)n2)CC1. The summed E-state index contributed by atoms with van der Waals surface area (Å²) in [6.45, 7) is 7.50. The molecule has 1 aromatic rings. The van der Waals surface area contributed by atoms with Crippen molar-refractivity contribution in [2.24, 2.45) is 0 Å². The average molecular weight is 446 g/mol. The van der Waals surface area contributed by atoms with Gasteiger partial charge in [0.15, 0.2) is 0 Å². The van der Waals surface area contributed by atoms with Gasteiger partial charge in [0.25, 0.3) is 5.91 Å². The maximum absolute atomic E-state index is 13.2. The lowest BCUT2D eigenvalue weighted by molar-refractivity contribution is -0.129. The largest absolute Gasteiger partial charge is 0.391 e. The zero-order valence-electron chi connectivity index (χ0n) is 19.2. The normalized spacial score (nSPS) is 23.3. The standard InChI is InChI=1S/C22H35N7O3/c1-16(30)27-8-5-17(6-9-27)23-20-14-19(21(32)29-7-3-4-18(31)15-29)24-22(25-20)28-12-10-26(2)11-13-28/h14,17-18,31H,3-13,15H2,1-2H3,(H,23,24,25). The van der Waals surface area contributed by atoms with Crippen molar-refractivity contribution in [2.45, 2.75) is 44.8 Å². The molecule has 1 aromatic heterocycles. The smallest absolute Gasteiger partial charge is 0.272 e. The maximum Gasteiger partial charge on any atom is 0.272 e. The van der Waals surface area contributed by atoms with E-state index in [0.717, 1.165) is 65.0 Å². The molecule has 0 aromatic carbocycles. The van der Waals surface area contributed by atoms with Crippen LogP contribution in [0, 0.1) is 0 Å². The van der Waals surface area contributed by atoms with E-state index in [1.54, 1.807) is 17.9 Å². The summed E-state index contributed by atoms with van der Waals surface area (Å²) in [5.74, 6) is 1.18. The number of rotatable bonds is 4. The monoisotopic (exact) mass is 445 g/mol. The first kappa shape index (κ1) is 22.7. The number of piperazine rings is 1. The zero-order chi connectivity index (χ0) is 22.7. The summed E-state index contributed by atoms with van der Waals surface area (Å²) in [7, 11) is 2.10. The molecule has 3 saturated heterocycles. The first-order valence-electron chi connectivity index (χ1n) is 11.7. The van der Waals surface area contributed by atoms with Gasteiger partial charge in [-0.3, -0.25) is 9.59 Å². The zero-order valence-corrected chi connectivity index (χ0v) is 19.2. The number of aliphatic hydroxyl groups excluding tert-OH is 1. The Morgan fingerprint density at radius 2 is 1.72 bits per heavy atom. The van der Waals surface area contributed by atoms with E-state index in [-0.39, 0.29) is 17.9 Å².